The van der Waals surface area contributed by atoms with Crippen LogP contribution in [0.3, 0.4) is 0 Å². The summed E-state index contributed by atoms with van der Waals surface area (Å²) < 4.78 is 5.15. The van der Waals surface area contributed by atoms with E-state index in [1.807, 2.05) is 14.0 Å². The molecule has 13 heavy (non-hydrogen) atoms. The highest BCUT2D eigenvalue weighted by molar-refractivity contribution is 5.13. The fraction of sp³-hybridized carbons (Fsp3) is 0.500. The number of aromatic nitrogens is 1. The van der Waals surface area contributed by atoms with Crippen LogP contribution in [0.25, 0.3) is 0 Å². The second kappa shape index (κ2) is 4.23. The largest absolute Gasteiger partial charge is 0.449 e. The van der Waals surface area contributed by atoms with Crippen LogP contribution in [0.4, 0.5) is 0 Å². The molecule has 1 N–H and O–H groups in total. The number of allylic oxidation sites excluding steroid dienone is 1. The van der Waals surface area contributed by atoms with Crippen LogP contribution < -0.4 is 5.32 Å². The normalized spacial score (nSPS) is 12.6. The van der Waals surface area contributed by atoms with Crippen molar-refractivity contribution in [3.05, 3.63) is 29.5 Å². The van der Waals surface area contributed by atoms with Gasteiger partial charge in [0.2, 0.25) is 0 Å². The van der Waals surface area contributed by atoms with Crippen LogP contribution in [0.2, 0.25) is 0 Å². The van der Waals surface area contributed by atoms with Crippen molar-refractivity contribution in [3.8, 4) is 0 Å². The molecule has 1 unspecified atom stereocenters. The lowest BCUT2D eigenvalue weighted by Crippen LogP contribution is -2.14. The Kier molecular flexibility index (Phi) is 3.25. The highest BCUT2D eigenvalue weighted by atomic mass is 16.3. The zero-order valence-corrected chi connectivity index (χ0v) is 8.59. The fourth-order valence-corrected chi connectivity index (χ4v) is 1.17. The number of nitrogens with one attached hydrogen (secondary N) is 1. The van der Waals surface area contributed by atoms with Crippen molar-refractivity contribution in [3.63, 3.8) is 0 Å². The van der Waals surface area contributed by atoms with Gasteiger partial charge in [0, 0.05) is 6.92 Å². The smallest absolute Gasteiger partial charge is 0.191 e. The molecule has 1 aromatic heterocycles. The Hall–Kier alpha value is -1.09. The standard InChI is InChI=1S/C10H16N2O/c1-7(2)5-9(11-4)10-6-13-8(3)12-10/h5-6,9,11H,1-4H3. The molecule has 0 aliphatic heterocycles. The summed E-state index contributed by atoms with van der Waals surface area (Å²) >= 11 is 0. The summed E-state index contributed by atoms with van der Waals surface area (Å²) in [6, 6.07) is 0.155. The Morgan fingerprint density at radius 1 is 1.62 bits per heavy atom. The Labute approximate surface area is 78.9 Å². The van der Waals surface area contributed by atoms with Crippen LogP contribution in [0.15, 0.2) is 22.3 Å². The summed E-state index contributed by atoms with van der Waals surface area (Å²) in [6.45, 7) is 5.98. The average molecular weight is 180 g/mol. The molecule has 3 heteroatoms. The van der Waals surface area contributed by atoms with E-state index in [-0.39, 0.29) is 6.04 Å². The number of aryl methyl sites for hydroxylation is 1. The van der Waals surface area contributed by atoms with Crippen LogP contribution in [0.5, 0.6) is 0 Å². The Bertz CT molecular complexity index is 298. The van der Waals surface area contributed by atoms with Crippen LogP contribution in [-0.2, 0) is 0 Å². The lowest BCUT2D eigenvalue weighted by Gasteiger charge is -2.07. The molecule has 0 aromatic carbocycles. The van der Waals surface area contributed by atoms with Crippen LogP contribution >= 0.6 is 0 Å². The molecule has 3 nitrogen and oxygen atoms in total. The number of likely N-dealkylation sites (N-methyl/N-ethyl adjacent to an activating group) is 1. The third-order valence-electron chi connectivity index (χ3n) is 1.77. The average Bonchev–Trinajstić information content (AvgIpc) is 2.47. The van der Waals surface area contributed by atoms with Gasteiger partial charge < -0.3 is 9.73 Å². The maximum atomic E-state index is 5.15. The molecule has 0 aliphatic rings. The zero-order chi connectivity index (χ0) is 9.84. The van der Waals surface area contributed by atoms with E-state index in [2.05, 4.69) is 30.2 Å². The third-order valence-corrected chi connectivity index (χ3v) is 1.77. The summed E-state index contributed by atoms with van der Waals surface area (Å²) in [5, 5.41) is 3.16. The highest BCUT2D eigenvalue weighted by Gasteiger charge is 2.09. The van der Waals surface area contributed by atoms with E-state index in [9.17, 15) is 0 Å². The summed E-state index contributed by atoms with van der Waals surface area (Å²) in [7, 11) is 1.91. The molecule has 1 atom stereocenters. The first-order valence-corrected chi connectivity index (χ1v) is 4.38. The minimum Gasteiger partial charge on any atom is -0.449 e. The lowest BCUT2D eigenvalue weighted by molar-refractivity contribution is 0.519. The molecule has 0 aliphatic carbocycles. The van der Waals surface area contributed by atoms with Gasteiger partial charge in [0.05, 0.1) is 6.04 Å². The maximum Gasteiger partial charge on any atom is 0.191 e. The molecular formula is C10H16N2O. The molecule has 0 saturated carbocycles. The highest BCUT2D eigenvalue weighted by Crippen LogP contribution is 2.14. The minimum atomic E-state index is 0.155. The van der Waals surface area contributed by atoms with E-state index in [0.717, 1.165) is 5.69 Å². The van der Waals surface area contributed by atoms with Gasteiger partial charge in [0.1, 0.15) is 12.0 Å². The van der Waals surface area contributed by atoms with E-state index < -0.39 is 0 Å². The van der Waals surface area contributed by atoms with Gasteiger partial charge in [-0.3, -0.25) is 0 Å². The maximum absolute atomic E-state index is 5.15. The van der Waals surface area contributed by atoms with Gasteiger partial charge in [0.15, 0.2) is 5.89 Å². The minimum absolute atomic E-state index is 0.155. The predicted octanol–water partition coefficient (Wildman–Crippen LogP) is 2.21. The van der Waals surface area contributed by atoms with Crippen molar-refractivity contribution < 1.29 is 4.42 Å². The van der Waals surface area contributed by atoms with Gasteiger partial charge in [-0.05, 0) is 20.9 Å². The zero-order valence-electron chi connectivity index (χ0n) is 8.59. The van der Waals surface area contributed by atoms with Crippen molar-refractivity contribution in [1.29, 1.82) is 0 Å². The molecule has 1 rings (SSSR count). The Morgan fingerprint density at radius 2 is 2.31 bits per heavy atom. The number of oxazole rings is 1. The van der Waals surface area contributed by atoms with Gasteiger partial charge in [-0.25, -0.2) is 4.98 Å². The molecular weight excluding hydrogens is 164 g/mol. The Balaban J connectivity index is 2.84. The van der Waals surface area contributed by atoms with Gasteiger partial charge in [-0.2, -0.15) is 0 Å². The summed E-state index contributed by atoms with van der Waals surface area (Å²) in [5.41, 5.74) is 2.20. The van der Waals surface area contributed by atoms with Crippen LogP contribution in [0.1, 0.15) is 31.5 Å². The monoisotopic (exact) mass is 180 g/mol. The summed E-state index contributed by atoms with van der Waals surface area (Å²) in [6.07, 6.45) is 3.81. The molecule has 1 aromatic rings. The summed E-state index contributed by atoms with van der Waals surface area (Å²) in [4.78, 5) is 4.26. The first kappa shape index (κ1) is 9.99. The van der Waals surface area contributed by atoms with E-state index in [0.29, 0.717) is 5.89 Å². The van der Waals surface area contributed by atoms with Gasteiger partial charge in [-0.1, -0.05) is 11.6 Å². The van der Waals surface area contributed by atoms with Crippen LogP contribution in [0, 0.1) is 6.92 Å². The van der Waals surface area contributed by atoms with E-state index in [1.54, 1.807) is 6.26 Å². The molecule has 0 amide bonds. The topological polar surface area (TPSA) is 38.1 Å². The number of hydrogen-bond donors (Lipinski definition) is 1. The lowest BCUT2D eigenvalue weighted by atomic mass is 10.1. The molecule has 0 spiro atoms. The first-order valence-electron chi connectivity index (χ1n) is 4.38. The van der Waals surface area contributed by atoms with Gasteiger partial charge >= 0.3 is 0 Å². The summed E-state index contributed by atoms with van der Waals surface area (Å²) in [5.74, 6) is 0.706. The number of rotatable bonds is 3. The van der Waals surface area contributed by atoms with Gasteiger partial charge in [-0.15, -0.1) is 0 Å². The first-order chi connectivity index (χ1) is 6.13. The molecule has 0 saturated heterocycles. The van der Waals surface area contributed by atoms with E-state index >= 15 is 0 Å². The third kappa shape index (κ3) is 2.70. The quantitative estimate of drug-likeness (QED) is 0.725. The van der Waals surface area contributed by atoms with Crippen molar-refractivity contribution >= 4 is 0 Å². The van der Waals surface area contributed by atoms with Crippen molar-refractivity contribution in [1.82, 2.24) is 10.3 Å². The second-order valence-electron chi connectivity index (χ2n) is 3.30. The van der Waals surface area contributed by atoms with Crippen molar-refractivity contribution in [2.45, 2.75) is 26.8 Å². The number of hydrogen-bond acceptors (Lipinski definition) is 3. The van der Waals surface area contributed by atoms with Crippen LogP contribution in [-0.4, -0.2) is 12.0 Å². The molecule has 72 valence electrons. The van der Waals surface area contributed by atoms with E-state index in [1.165, 1.54) is 5.57 Å². The fourth-order valence-electron chi connectivity index (χ4n) is 1.17. The number of nitrogens with zero attached hydrogens (tertiary/aromatic N) is 1. The van der Waals surface area contributed by atoms with Crippen molar-refractivity contribution in [2.75, 3.05) is 7.05 Å². The molecule has 0 fully saturated rings. The van der Waals surface area contributed by atoms with Crippen molar-refractivity contribution in [2.24, 2.45) is 0 Å². The predicted molar refractivity (Wildman–Crippen MR) is 52.5 cm³/mol. The molecule has 0 bridgehead atoms. The van der Waals surface area contributed by atoms with Gasteiger partial charge in [0.25, 0.3) is 0 Å². The second-order valence-corrected chi connectivity index (χ2v) is 3.30. The molecule has 0 radical (unpaired) electrons. The SMILES string of the molecule is CNC(C=C(C)C)c1coc(C)n1. The van der Waals surface area contributed by atoms with E-state index in [4.69, 9.17) is 4.42 Å². The Morgan fingerprint density at radius 3 is 2.69 bits per heavy atom. The molecule has 1 heterocycles.